The summed E-state index contributed by atoms with van der Waals surface area (Å²) in [5.74, 6) is -3.50. The highest BCUT2D eigenvalue weighted by Crippen LogP contribution is 2.13. The fraction of sp³-hybridized carbons (Fsp3) is 0.353. The molecule has 0 bridgehead atoms. The average molecular weight is 351 g/mol. The maximum absolute atomic E-state index is 13.5. The van der Waals surface area contributed by atoms with E-state index in [2.05, 4.69) is 10.6 Å². The van der Waals surface area contributed by atoms with Crippen molar-refractivity contribution >= 4 is 11.8 Å². The summed E-state index contributed by atoms with van der Waals surface area (Å²) in [5, 5.41) is 4.28. The number of carbonyl (C=O) groups is 2. The Kier molecular flexibility index (Phi) is 6.35. The predicted octanol–water partition coefficient (Wildman–Crippen LogP) is 2.68. The van der Waals surface area contributed by atoms with E-state index in [1.807, 2.05) is 13.8 Å². The molecule has 0 atom stereocenters. The third kappa shape index (κ3) is 4.48. The number of Topliss-reactive ketones (excluding diaryl/α,β-unsaturated/α-hetero) is 1. The van der Waals surface area contributed by atoms with Crippen molar-refractivity contribution in [3.05, 3.63) is 52.9 Å². The van der Waals surface area contributed by atoms with Gasteiger partial charge in [-0.1, -0.05) is 19.9 Å². The Labute approximate surface area is 143 Å². The third-order valence-corrected chi connectivity index (χ3v) is 3.48. The molecular weight excluding hydrogens is 332 g/mol. The lowest BCUT2D eigenvalue weighted by atomic mass is 10.1. The highest BCUT2D eigenvalue weighted by molar-refractivity contribution is 5.98. The molecule has 0 aliphatic carbocycles. The van der Waals surface area contributed by atoms with Gasteiger partial charge in [0.05, 0.1) is 17.8 Å². The molecule has 1 N–H and O–H groups in total. The molecule has 2 aromatic rings. The zero-order valence-corrected chi connectivity index (χ0v) is 14.0. The van der Waals surface area contributed by atoms with Crippen LogP contribution in [0.25, 0.3) is 0 Å². The van der Waals surface area contributed by atoms with Gasteiger partial charge in [0, 0.05) is 12.7 Å². The molecule has 8 heteroatoms. The van der Waals surface area contributed by atoms with Gasteiger partial charge in [0.15, 0.2) is 5.78 Å². The lowest BCUT2D eigenvalue weighted by Gasteiger charge is -2.06. The van der Waals surface area contributed by atoms with Crippen LogP contribution in [0.15, 0.2) is 24.4 Å². The van der Waals surface area contributed by atoms with Gasteiger partial charge >= 0.3 is 5.97 Å². The number of nitrogens with one attached hydrogen (secondary N) is 1. The summed E-state index contributed by atoms with van der Waals surface area (Å²) in [4.78, 5) is 28.8. The first-order chi connectivity index (χ1) is 12.0. The van der Waals surface area contributed by atoms with Crippen LogP contribution in [-0.2, 0) is 17.8 Å². The van der Waals surface area contributed by atoms with Crippen molar-refractivity contribution in [1.29, 1.82) is 0 Å². The van der Waals surface area contributed by atoms with Gasteiger partial charge in [-0.2, -0.15) is 5.10 Å². The molecule has 25 heavy (non-hydrogen) atoms. The number of rotatable bonds is 8. The van der Waals surface area contributed by atoms with Crippen molar-refractivity contribution in [2.24, 2.45) is 0 Å². The molecule has 6 nitrogen and oxygen atoms in total. The molecule has 1 aromatic heterocycles. The molecule has 1 heterocycles. The second-order valence-corrected chi connectivity index (χ2v) is 5.34. The Hall–Kier alpha value is -2.61. The molecule has 2 rings (SSSR count). The number of hydrogen-bond donors (Lipinski definition) is 1. The van der Waals surface area contributed by atoms with E-state index in [9.17, 15) is 18.4 Å². The van der Waals surface area contributed by atoms with Gasteiger partial charge in [0.2, 0.25) is 0 Å². The van der Waals surface area contributed by atoms with Crippen LogP contribution in [0.1, 0.15) is 46.7 Å². The number of nitrogens with zero attached hydrogens (tertiary/aromatic N) is 2. The maximum Gasteiger partial charge on any atom is 0.360 e. The number of carbonyl (C=O) groups excluding carboxylic acids is 2. The van der Waals surface area contributed by atoms with Crippen LogP contribution >= 0.6 is 0 Å². The number of benzene rings is 1. The number of ketones is 1. The largest absolute Gasteiger partial charge is 0.366 e. The smallest absolute Gasteiger partial charge is 0.360 e. The third-order valence-electron chi connectivity index (χ3n) is 3.48. The van der Waals surface area contributed by atoms with Crippen LogP contribution in [0.3, 0.4) is 0 Å². The average Bonchev–Trinajstić information content (AvgIpc) is 2.98. The first-order valence-electron chi connectivity index (χ1n) is 7.95. The van der Waals surface area contributed by atoms with Crippen molar-refractivity contribution in [1.82, 2.24) is 15.3 Å². The molecule has 0 fully saturated rings. The van der Waals surface area contributed by atoms with E-state index in [1.165, 1.54) is 0 Å². The standard InChI is InChI=1S/C17H19F2N3O3/c1-3-8-22-10-11(14(4-2)21-22)17(24)25-20-9-15(23)16-12(18)6-5-7-13(16)19/h5-7,10,20H,3-4,8-9H2,1-2H3. The van der Waals surface area contributed by atoms with Crippen molar-refractivity contribution in [3.63, 3.8) is 0 Å². The van der Waals surface area contributed by atoms with Crippen LogP contribution in [0.2, 0.25) is 0 Å². The van der Waals surface area contributed by atoms with Crippen molar-refractivity contribution < 1.29 is 23.2 Å². The molecule has 0 aliphatic heterocycles. The Bertz CT molecular complexity index is 754. The maximum atomic E-state index is 13.5. The van der Waals surface area contributed by atoms with Crippen LogP contribution in [-0.4, -0.2) is 28.1 Å². The summed E-state index contributed by atoms with van der Waals surface area (Å²) < 4.78 is 28.7. The highest BCUT2D eigenvalue weighted by Gasteiger charge is 2.19. The first kappa shape index (κ1) is 18.7. The Morgan fingerprint density at radius 2 is 1.92 bits per heavy atom. The number of aryl methyl sites for hydroxylation is 2. The van der Waals surface area contributed by atoms with E-state index in [-0.39, 0.29) is 5.56 Å². The molecule has 0 aliphatic rings. The minimum atomic E-state index is -0.966. The minimum absolute atomic E-state index is 0.285. The van der Waals surface area contributed by atoms with Gasteiger partial charge in [0.1, 0.15) is 17.2 Å². The zero-order chi connectivity index (χ0) is 18.4. The molecule has 0 saturated carbocycles. The molecule has 0 amide bonds. The van der Waals surface area contributed by atoms with Gasteiger partial charge < -0.3 is 4.84 Å². The van der Waals surface area contributed by atoms with Crippen molar-refractivity contribution in [3.8, 4) is 0 Å². The van der Waals surface area contributed by atoms with Gasteiger partial charge in [-0.05, 0) is 25.0 Å². The number of hydrogen-bond acceptors (Lipinski definition) is 5. The second kappa shape index (κ2) is 8.48. The number of hydroxylamine groups is 1. The summed E-state index contributed by atoms with van der Waals surface area (Å²) >= 11 is 0. The second-order valence-electron chi connectivity index (χ2n) is 5.34. The Morgan fingerprint density at radius 1 is 1.24 bits per heavy atom. The molecule has 0 radical (unpaired) electrons. The van der Waals surface area contributed by atoms with Crippen LogP contribution in [0.4, 0.5) is 8.78 Å². The topological polar surface area (TPSA) is 73.2 Å². The number of halogens is 2. The van der Waals surface area contributed by atoms with Gasteiger partial charge in [0.25, 0.3) is 0 Å². The normalized spacial score (nSPS) is 10.7. The Balaban J connectivity index is 1.97. The van der Waals surface area contributed by atoms with Crippen molar-refractivity contribution in [2.75, 3.05) is 6.54 Å². The summed E-state index contributed by atoms with van der Waals surface area (Å²) in [6.07, 6.45) is 2.98. The molecule has 0 unspecified atom stereocenters. The Morgan fingerprint density at radius 3 is 2.52 bits per heavy atom. The van der Waals surface area contributed by atoms with E-state index < -0.39 is 35.5 Å². The summed E-state index contributed by atoms with van der Waals surface area (Å²) in [7, 11) is 0. The monoisotopic (exact) mass is 351 g/mol. The van der Waals surface area contributed by atoms with E-state index in [1.54, 1.807) is 10.9 Å². The molecule has 134 valence electrons. The van der Waals surface area contributed by atoms with Gasteiger partial charge in [-0.3, -0.25) is 9.48 Å². The SMILES string of the molecule is CCCn1cc(C(=O)ONCC(=O)c2c(F)cccc2F)c(CC)n1. The minimum Gasteiger partial charge on any atom is -0.366 e. The zero-order valence-electron chi connectivity index (χ0n) is 14.0. The van der Waals surface area contributed by atoms with E-state index in [4.69, 9.17) is 4.84 Å². The molecule has 0 spiro atoms. The van der Waals surface area contributed by atoms with E-state index in [0.717, 1.165) is 24.6 Å². The summed E-state index contributed by atoms with van der Waals surface area (Å²) in [5.41, 5.74) is 2.35. The molecule has 0 saturated heterocycles. The van der Waals surface area contributed by atoms with Crippen LogP contribution in [0, 0.1) is 11.6 Å². The molecule has 1 aromatic carbocycles. The van der Waals surface area contributed by atoms with Crippen LogP contribution in [0.5, 0.6) is 0 Å². The fourth-order valence-electron chi connectivity index (χ4n) is 2.31. The lowest BCUT2D eigenvalue weighted by Crippen LogP contribution is -2.27. The van der Waals surface area contributed by atoms with E-state index in [0.29, 0.717) is 18.7 Å². The summed E-state index contributed by atoms with van der Waals surface area (Å²) in [6.45, 7) is 3.96. The predicted molar refractivity (Wildman–Crippen MR) is 86.0 cm³/mol. The van der Waals surface area contributed by atoms with Crippen LogP contribution < -0.4 is 5.48 Å². The highest BCUT2D eigenvalue weighted by atomic mass is 19.1. The van der Waals surface area contributed by atoms with Gasteiger partial charge in [-0.15, -0.1) is 5.48 Å². The van der Waals surface area contributed by atoms with Gasteiger partial charge in [-0.25, -0.2) is 13.6 Å². The summed E-state index contributed by atoms with van der Waals surface area (Å²) in [6, 6.07) is 3.13. The lowest BCUT2D eigenvalue weighted by molar-refractivity contribution is 0.0257. The van der Waals surface area contributed by atoms with Crippen molar-refractivity contribution in [2.45, 2.75) is 33.2 Å². The molecular formula is C17H19F2N3O3. The first-order valence-corrected chi connectivity index (χ1v) is 7.95. The van der Waals surface area contributed by atoms with E-state index >= 15 is 0 Å². The fourth-order valence-corrected chi connectivity index (χ4v) is 2.31. The number of aromatic nitrogens is 2. The quantitative estimate of drug-likeness (QED) is 0.585.